The standard InChI is InChI=1S/C13H23N3O/c1-2-8-16-9-7-15-12(16)10-14-11-13(17)5-3-4-6-13/h7,9,14,17H,2-6,8,10-11H2,1H3. The third-order valence-electron chi connectivity index (χ3n) is 3.54. The molecule has 0 amide bonds. The lowest BCUT2D eigenvalue weighted by atomic mass is 10.0. The summed E-state index contributed by atoms with van der Waals surface area (Å²) in [5.41, 5.74) is -0.470. The fraction of sp³-hybridized carbons (Fsp3) is 0.769. The summed E-state index contributed by atoms with van der Waals surface area (Å²) < 4.78 is 2.17. The minimum Gasteiger partial charge on any atom is -0.389 e. The van der Waals surface area contributed by atoms with Gasteiger partial charge in [0.15, 0.2) is 0 Å². The molecule has 1 fully saturated rings. The molecule has 1 aliphatic carbocycles. The highest BCUT2D eigenvalue weighted by atomic mass is 16.3. The van der Waals surface area contributed by atoms with Gasteiger partial charge in [0.05, 0.1) is 12.1 Å². The van der Waals surface area contributed by atoms with Crippen molar-refractivity contribution in [2.75, 3.05) is 6.54 Å². The lowest BCUT2D eigenvalue weighted by Crippen LogP contribution is -2.38. The summed E-state index contributed by atoms with van der Waals surface area (Å²) in [5, 5.41) is 13.5. The van der Waals surface area contributed by atoms with Crippen molar-refractivity contribution in [3.8, 4) is 0 Å². The molecule has 0 atom stereocenters. The maximum atomic E-state index is 10.2. The number of rotatable bonds is 6. The van der Waals surface area contributed by atoms with Crippen LogP contribution in [0.25, 0.3) is 0 Å². The minimum atomic E-state index is -0.470. The van der Waals surface area contributed by atoms with Crippen molar-refractivity contribution >= 4 is 0 Å². The van der Waals surface area contributed by atoms with E-state index in [1.54, 1.807) is 0 Å². The molecule has 17 heavy (non-hydrogen) atoms. The van der Waals surface area contributed by atoms with E-state index in [2.05, 4.69) is 21.8 Å². The lowest BCUT2D eigenvalue weighted by molar-refractivity contribution is 0.0472. The van der Waals surface area contributed by atoms with Gasteiger partial charge >= 0.3 is 0 Å². The Kier molecular flexibility index (Phi) is 4.18. The maximum absolute atomic E-state index is 10.2. The molecule has 1 aromatic rings. The predicted molar refractivity (Wildman–Crippen MR) is 67.6 cm³/mol. The van der Waals surface area contributed by atoms with Crippen LogP contribution < -0.4 is 5.32 Å². The van der Waals surface area contributed by atoms with E-state index in [1.165, 1.54) is 0 Å². The van der Waals surface area contributed by atoms with Gasteiger partial charge in [-0.3, -0.25) is 0 Å². The quantitative estimate of drug-likeness (QED) is 0.791. The monoisotopic (exact) mass is 237 g/mol. The molecule has 0 radical (unpaired) electrons. The van der Waals surface area contributed by atoms with Crippen LogP contribution in [0.4, 0.5) is 0 Å². The van der Waals surface area contributed by atoms with Crippen LogP contribution in [0.15, 0.2) is 12.4 Å². The second-order valence-corrected chi connectivity index (χ2v) is 5.07. The predicted octanol–water partition coefficient (Wildman–Crippen LogP) is 1.69. The van der Waals surface area contributed by atoms with Crippen molar-refractivity contribution in [2.24, 2.45) is 0 Å². The van der Waals surface area contributed by atoms with Crippen LogP contribution in [0.1, 0.15) is 44.9 Å². The number of aromatic nitrogens is 2. The van der Waals surface area contributed by atoms with Crippen LogP contribution >= 0.6 is 0 Å². The van der Waals surface area contributed by atoms with Gasteiger partial charge in [0.1, 0.15) is 5.82 Å². The normalized spacial score (nSPS) is 18.7. The van der Waals surface area contributed by atoms with Gasteiger partial charge in [-0.05, 0) is 19.3 Å². The van der Waals surface area contributed by atoms with Crippen LogP contribution in [0.2, 0.25) is 0 Å². The molecule has 4 nitrogen and oxygen atoms in total. The van der Waals surface area contributed by atoms with E-state index in [-0.39, 0.29) is 0 Å². The van der Waals surface area contributed by atoms with E-state index < -0.39 is 5.60 Å². The van der Waals surface area contributed by atoms with Crippen molar-refractivity contribution in [1.29, 1.82) is 0 Å². The average Bonchev–Trinajstić information content (AvgIpc) is 2.90. The summed E-state index contributed by atoms with van der Waals surface area (Å²) in [5.74, 6) is 1.06. The molecule has 2 N–H and O–H groups in total. The number of imidazole rings is 1. The van der Waals surface area contributed by atoms with Gasteiger partial charge in [-0.25, -0.2) is 4.98 Å². The Bertz CT molecular complexity index is 342. The molecule has 96 valence electrons. The van der Waals surface area contributed by atoms with Crippen LogP contribution in [0, 0.1) is 0 Å². The maximum Gasteiger partial charge on any atom is 0.122 e. The van der Waals surface area contributed by atoms with Gasteiger partial charge < -0.3 is 15.0 Å². The van der Waals surface area contributed by atoms with Crippen molar-refractivity contribution in [3.63, 3.8) is 0 Å². The Balaban J connectivity index is 1.79. The van der Waals surface area contributed by atoms with Crippen LogP contribution in [0.3, 0.4) is 0 Å². The van der Waals surface area contributed by atoms with Crippen LogP contribution in [-0.4, -0.2) is 26.8 Å². The first-order valence-corrected chi connectivity index (χ1v) is 6.67. The molecule has 0 spiro atoms. The molecule has 2 rings (SSSR count). The number of aliphatic hydroxyl groups is 1. The fourth-order valence-corrected chi connectivity index (χ4v) is 2.57. The van der Waals surface area contributed by atoms with Gasteiger partial charge in [0.2, 0.25) is 0 Å². The molecule has 0 saturated heterocycles. The average molecular weight is 237 g/mol. The Morgan fingerprint density at radius 3 is 2.94 bits per heavy atom. The molecule has 4 heteroatoms. The van der Waals surface area contributed by atoms with E-state index >= 15 is 0 Å². The number of nitrogens with zero attached hydrogens (tertiary/aromatic N) is 2. The highest BCUT2D eigenvalue weighted by Gasteiger charge is 2.30. The molecule has 0 aromatic carbocycles. The summed E-state index contributed by atoms with van der Waals surface area (Å²) in [4.78, 5) is 4.34. The third kappa shape index (κ3) is 3.30. The third-order valence-corrected chi connectivity index (χ3v) is 3.54. The van der Waals surface area contributed by atoms with Gasteiger partial charge in [-0.15, -0.1) is 0 Å². The lowest BCUT2D eigenvalue weighted by Gasteiger charge is -2.22. The van der Waals surface area contributed by atoms with Crippen LogP contribution in [0.5, 0.6) is 0 Å². The van der Waals surface area contributed by atoms with Crippen LogP contribution in [-0.2, 0) is 13.1 Å². The fourth-order valence-electron chi connectivity index (χ4n) is 2.57. The molecule has 0 bridgehead atoms. The van der Waals surface area contributed by atoms with E-state index in [0.717, 1.165) is 51.0 Å². The Labute approximate surface area is 103 Å². The number of aryl methyl sites for hydroxylation is 1. The number of hydrogen-bond donors (Lipinski definition) is 2. The molecule has 1 aromatic heterocycles. The zero-order valence-electron chi connectivity index (χ0n) is 10.7. The Morgan fingerprint density at radius 2 is 2.24 bits per heavy atom. The second-order valence-electron chi connectivity index (χ2n) is 5.07. The van der Waals surface area contributed by atoms with Crippen molar-refractivity contribution in [3.05, 3.63) is 18.2 Å². The van der Waals surface area contributed by atoms with Gasteiger partial charge in [-0.1, -0.05) is 19.8 Å². The zero-order chi connectivity index (χ0) is 12.1. The van der Waals surface area contributed by atoms with Gasteiger partial charge in [0.25, 0.3) is 0 Å². The van der Waals surface area contributed by atoms with Crippen molar-refractivity contribution in [1.82, 2.24) is 14.9 Å². The largest absolute Gasteiger partial charge is 0.389 e. The zero-order valence-corrected chi connectivity index (χ0v) is 10.7. The molecular formula is C13H23N3O. The number of nitrogens with one attached hydrogen (secondary N) is 1. The summed E-state index contributed by atoms with van der Waals surface area (Å²) in [6, 6.07) is 0. The first kappa shape index (κ1) is 12.6. The topological polar surface area (TPSA) is 50.1 Å². The molecule has 1 heterocycles. The Morgan fingerprint density at radius 1 is 1.47 bits per heavy atom. The highest BCUT2D eigenvalue weighted by molar-refractivity contribution is 4.93. The first-order chi connectivity index (χ1) is 8.23. The molecule has 1 saturated carbocycles. The molecule has 0 aliphatic heterocycles. The van der Waals surface area contributed by atoms with E-state index in [9.17, 15) is 5.11 Å². The Hall–Kier alpha value is -0.870. The summed E-state index contributed by atoms with van der Waals surface area (Å²) >= 11 is 0. The summed E-state index contributed by atoms with van der Waals surface area (Å²) in [6.07, 6.45) is 9.16. The second kappa shape index (κ2) is 5.65. The SMILES string of the molecule is CCCn1ccnc1CNCC1(O)CCCC1. The van der Waals surface area contributed by atoms with Gasteiger partial charge in [0, 0.05) is 25.5 Å². The molecular weight excluding hydrogens is 214 g/mol. The number of hydrogen-bond acceptors (Lipinski definition) is 3. The molecule has 0 unspecified atom stereocenters. The van der Waals surface area contributed by atoms with Crippen molar-refractivity contribution < 1.29 is 5.11 Å². The highest BCUT2D eigenvalue weighted by Crippen LogP contribution is 2.28. The van der Waals surface area contributed by atoms with E-state index in [0.29, 0.717) is 6.54 Å². The smallest absolute Gasteiger partial charge is 0.122 e. The minimum absolute atomic E-state index is 0.470. The molecule has 1 aliphatic rings. The summed E-state index contributed by atoms with van der Waals surface area (Å²) in [7, 11) is 0. The first-order valence-electron chi connectivity index (χ1n) is 6.67. The van der Waals surface area contributed by atoms with E-state index in [4.69, 9.17) is 0 Å². The summed E-state index contributed by atoms with van der Waals surface area (Å²) in [6.45, 7) is 4.61. The van der Waals surface area contributed by atoms with Crippen molar-refractivity contribution in [2.45, 2.75) is 57.7 Å². The van der Waals surface area contributed by atoms with E-state index in [1.807, 2.05) is 12.4 Å². The van der Waals surface area contributed by atoms with Gasteiger partial charge in [-0.2, -0.15) is 0 Å².